The molecule has 0 radical (unpaired) electrons. The van der Waals surface area contributed by atoms with Crippen molar-refractivity contribution in [1.82, 2.24) is 9.80 Å². The predicted octanol–water partition coefficient (Wildman–Crippen LogP) is 2.06. The first-order valence-electron chi connectivity index (χ1n) is 8.39. The Labute approximate surface area is 145 Å². The van der Waals surface area contributed by atoms with Gasteiger partial charge in [0.15, 0.2) is 0 Å². The number of halogens is 2. The molecule has 1 atom stereocenters. The Balaban J connectivity index is 1.72. The summed E-state index contributed by atoms with van der Waals surface area (Å²) in [7, 11) is 3.40. The fourth-order valence-electron chi connectivity index (χ4n) is 3.93. The summed E-state index contributed by atoms with van der Waals surface area (Å²) < 4.78 is 32.3. The van der Waals surface area contributed by atoms with Crippen LogP contribution in [-0.2, 0) is 9.53 Å². The summed E-state index contributed by atoms with van der Waals surface area (Å²) in [5.74, 6) is -1.96. The number of amides is 2. The van der Waals surface area contributed by atoms with E-state index in [0.29, 0.717) is 45.0 Å². The summed E-state index contributed by atoms with van der Waals surface area (Å²) in [6.45, 7) is 1.30. The van der Waals surface area contributed by atoms with Crippen molar-refractivity contribution >= 4 is 11.8 Å². The minimum Gasteiger partial charge on any atom is -0.380 e. The molecule has 2 amide bonds. The number of likely N-dealkylation sites (tertiary alicyclic amines) is 2. The molecule has 1 aromatic carbocycles. The Morgan fingerprint density at radius 2 is 1.96 bits per heavy atom. The Morgan fingerprint density at radius 1 is 1.28 bits per heavy atom. The number of likely N-dealkylation sites (N-methyl/N-ethyl adjacent to an activating group) is 1. The third-order valence-corrected chi connectivity index (χ3v) is 5.40. The molecule has 2 aliphatic heterocycles. The first-order valence-corrected chi connectivity index (χ1v) is 8.39. The van der Waals surface area contributed by atoms with Gasteiger partial charge in [0.05, 0.1) is 17.1 Å². The van der Waals surface area contributed by atoms with Crippen LogP contribution in [0, 0.1) is 17.0 Å². The number of carbonyl (C=O) groups excluding carboxylic acids is 2. The SMILES string of the molecule is COC1CN(C)C(=O)C2(CCN(C(=O)c3ccc(F)cc3F)CC2)C1. The maximum atomic E-state index is 13.8. The third-order valence-electron chi connectivity index (χ3n) is 5.40. The highest BCUT2D eigenvalue weighted by atomic mass is 19.1. The molecule has 0 saturated carbocycles. The van der Waals surface area contributed by atoms with Gasteiger partial charge in [-0.05, 0) is 31.4 Å². The molecular formula is C18H22F2N2O3. The number of methoxy groups -OCH3 is 1. The molecule has 2 saturated heterocycles. The van der Waals surface area contributed by atoms with Crippen molar-refractivity contribution in [1.29, 1.82) is 0 Å². The fraction of sp³-hybridized carbons (Fsp3) is 0.556. The zero-order chi connectivity index (χ0) is 18.2. The molecular weight excluding hydrogens is 330 g/mol. The third kappa shape index (κ3) is 3.25. The van der Waals surface area contributed by atoms with Crippen molar-refractivity contribution in [2.24, 2.45) is 5.41 Å². The van der Waals surface area contributed by atoms with E-state index >= 15 is 0 Å². The largest absolute Gasteiger partial charge is 0.380 e. The normalized spacial score (nSPS) is 23.2. The molecule has 1 spiro atoms. The summed E-state index contributed by atoms with van der Waals surface area (Å²) in [5, 5.41) is 0. The lowest BCUT2D eigenvalue weighted by atomic mass is 9.71. The van der Waals surface area contributed by atoms with Gasteiger partial charge in [-0.1, -0.05) is 0 Å². The summed E-state index contributed by atoms with van der Waals surface area (Å²) in [5.41, 5.74) is -0.662. The molecule has 7 heteroatoms. The van der Waals surface area contributed by atoms with E-state index in [0.717, 1.165) is 12.1 Å². The smallest absolute Gasteiger partial charge is 0.256 e. The summed E-state index contributed by atoms with van der Waals surface area (Å²) in [6, 6.07) is 2.95. The Kier molecular flexibility index (Phi) is 4.77. The van der Waals surface area contributed by atoms with Crippen LogP contribution in [0.2, 0.25) is 0 Å². The van der Waals surface area contributed by atoms with Crippen LogP contribution in [0.4, 0.5) is 8.78 Å². The van der Waals surface area contributed by atoms with E-state index in [1.807, 2.05) is 0 Å². The van der Waals surface area contributed by atoms with Crippen LogP contribution in [0.3, 0.4) is 0 Å². The van der Waals surface area contributed by atoms with Crippen LogP contribution < -0.4 is 0 Å². The molecule has 136 valence electrons. The molecule has 0 bridgehead atoms. The minimum atomic E-state index is -0.863. The number of benzene rings is 1. The highest BCUT2D eigenvalue weighted by Crippen LogP contribution is 2.41. The van der Waals surface area contributed by atoms with Gasteiger partial charge >= 0.3 is 0 Å². The quantitative estimate of drug-likeness (QED) is 0.819. The number of nitrogens with zero attached hydrogens (tertiary/aromatic N) is 2. The lowest BCUT2D eigenvalue weighted by molar-refractivity contribution is -0.155. The molecule has 0 aromatic heterocycles. The van der Waals surface area contributed by atoms with Crippen molar-refractivity contribution in [3.8, 4) is 0 Å². The van der Waals surface area contributed by atoms with E-state index in [2.05, 4.69) is 0 Å². The lowest BCUT2D eigenvalue weighted by Crippen LogP contribution is -2.57. The van der Waals surface area contributed by atoms with Crippen molar-refractivity contribution < 1.29 is 23.1 Å². The van der Waals surface area contributed by atoms with Gasteiger partial charge in [0.25, 0.3) is 5.91 Å². The standard InChI is InChI=1S/C18H22F2N2O3/c1-21-11-13(25-2)10-18(17(21)24)5-7-22(8-6-18)16(23)14-4-3-12(19)9-15(14)20/h3-4,9,13H,5-8,10-11H2,1-2H3. The van der Waals surface area contributed by atoms with E-state index < -0.39 is 23.0 Å². The van der Waals surface area contributed by atoms with Crippen LogP contribution in [-0.4, -0.2) is 61.5 Å². The summed E-state index contributed by atoms with van der Waals surface area (Å²) >= 11 is 0. The second kappa shape index (κ2) is 6.71. The van der Waals surface area contributed by atoms with Crippen LogP contribution in [0.25, 0.3) is 0 Å². The second-order valence-corrected chi connectivity index (χ2v) is 6.94. The first kappa shape index (κ1) is 17.8. The van der Waals surface area contributed by atoms with Crippen LogP contribution in [0.15, 0.2) is 18.2 Å². The van der Waals surface area contributed by atoms with E-state index in [-0.39, 0.29) is 17.6 Å². The van der Waals surface area contributed by atoms with Gasteiger partial charge in [-0.3, -0.25) is 9.59 Å². The van der Waals surface area contributed by atoms with Gasteiger partial charge in [0.2, 0.25) is 5.91 Å². The second-order valence-electron chi connectivity index (χ2n) is 6.94. The number of piperidine rings is 2. The fourth-order valence-corrected chi connectivity index (χ4v) is 3.93. The maximum Gasteiger partial charge on any atom is 0.256 e. The molecule has 2 heterocycles. The monoisotopic (exact) mass is 352 g/mol. The van der Waals surface area contributed by atoms with E-state index in [9.17, 15) is 18.4 Å². The van der Waals surface area contributed by atoms with Gasteiger partial charge in [0.1, 0.15) is 11.6 Å². The Bertz CT molecular complexity index is 687. The molecule has 2 fully saturated rings. The maximum absolute atomic E-state index is 13.8. The van der Waals surface area contributed by atoms with Gasteiger partial charge in [-0.2, -0.15) is 0 Å². The van der Waals surface area contributed by atoms with Crippen molar-refractivity contribution in [2.45, 2.75) is 25.4 Å². The summed E-state index contributed by atoms with van der Waals surface area (Å²) in [4.78, 5) is 28.4. The molecule has 1 aromatic rings. The van der Waals surface area contributed by atoms with Gasteiger partial charge in [-0.25, -0.2) is 8.78 Å². The van der Waals surface area contributed by atoms with Crippen LogP contribution >= 0.6 is 0 Å². The molecule has 25 heavy (non-hydrogen) atoms. The molecule has 1 unspecified atom stereocenters. The predicted molar refractivity (Wildman–Crippen MR) is 87.0 cm³/mol. The van der Waals surface area contributed by atoms with Crippen LogP contribution in [0.1, 0.15) is 29.6 Å². The zero-order valence-corrected chi connectivity index (χ0v) is 14.4. The molecule has 0 aliphatic carbocycles. The number of rotatable bonds is 2. The average Bonchev–Trinajstić information content (AvgIpc) is 2.59. The van der Waals surface area contributed by atoms with Gasteiger partial charge < -0.3 is 14.5 Å². The van der Waals surface area contributed by atoms with E-state index in [1.54, 1.807) is 19.1 Å². The summed E-state index contributed by atoms with van der Waals surface area (Å²) in [6.07, 6.45) is 1.66. The number of carbonyl (C=O) groups is 2. The number of ether oxygens (including phenoxy) is 1. The van der Waals surface area contributed by atoms with Crippen molar-refractivity contribution in [3.05, 3.63) is 35.4 Å². The zero-order valence-electron chi connectivity index (χ0n) is 14.4. The highest BCUT2D eigenvalue weighted by molar-refractivity contribution is 5.94. The van der Waals surface area contributed by atoms with Crippen molar-refractivity contribution in [3.63, 3.8) is 0 Å². The number of hydrogen-bond acceptors (Lipinski definition) is 3. The molecule has 5 nitrogen and oxygen atoms in total. The van der Waals surface area contributed by atoms with Gasteiger partial charge in [0, 0.05) is 39.9 Å². The Hall–Kier alpha value is -2.02. The van der Waals surface area contributed by atoms with Crippen molar-refractivity contribution in [2.75, 3.05) is 33.8 Å². The first-order chi connectivity index (χ1) is 11.9. The lowest BCUT2D eigenvalue weighted by Gasteiger charge is -2.47. The van der Waals surface area contributed by atoms with Crippen LogP contribution in [0.5, 0.6) is 0 Å². The van der Waals surface area contributed by atoms with Gasteiger partial charge in [-0.15, -0.1) is 0 Å². The number of hydrogen-bond donors (Lipinski definition) is 0. The average molecular weight is 352 g/mol. The molecule has 3 rings (SSSR count). The highest BCUT2D eigenvalue weighted by Gasteiger charge is 2.48. The topological polar surface area (TPSA) is 49.9 Å². The molecule has 0 N–H and O–H groups in total. The molecule has 2 aliphatic rings. The van der Waals surface area contributed by atoms with E-state index in [4.69, 9.17) is 4.74 Å². The Morgan fingerprint density at radius 3 is 2.56 bits per heavy atom. The minimum absolute atomic E-state index is 0.0144. The van der Waals surface area contributed by atoms with E-state index in [1.165, 1.54) is 4.90 Å².